The summed E-state index contributed by atoms with van der Waals surface area (Å²) in [5.74, 6) is -0.0839. The third kappa shape index (κ3) is 3.68. The van der Waals surface area contributed by atoms with Gasteiger partial charge in [-0.05, 0) is 32.1 Å². The van der Waals surface area contributed by atoms with E-state index in [1.807, 2.05) is 4.90 Å². The number of carbonyl (C=O) groups excluding carboxylic acids is 2. The van der Waals surface area contributed by atoms with Gasteiger partial charge in [0.2, 0.25) is 5.91 Å². The molecule has 1 aromatic heterocycles. The Bertz CT molecular complexity index is 549. The Morgan fingerprint density at radius 1 is 1.13 bits per heavy atom. The highest BCUT2D eigenvalue weighted by Gasteiger charge is 2.37. The molecule has 0 spiro atoms. The Morgan fingerprint density at radius 3 is 2.83 bits per heavy atom. The molecule has 2 amide bonds. The van der Waals surface area contributed by atoms with Crippen molar-refractivity contribution >= 4 is 11.8 Å². The molecule has 0 radical (unpaired) electrons. The van der Waals surface area contributed by atoms with Crippen molar-refractivity contribution in [2.45, 2.75) is 51.0 Å². The van der Waals surface area contributed by atoms with Crippen LogP contribution in [0.25, 0.3) is 0 Å². The molecule has 0 unspecified atom stereocenters. The van der Waals surface area contributed by atoms with Crippen LogP contribution in [0.4, 0.5) is 0 Å². The lowest BCUT2D eigenvalue weighted by atomic mass is 9.82. The van der Waals surface area contributed by atoms with Crippen LogP contribution in [0.5, 0.6) is 0 Å². The van der Waals surface area contributed by atoms with E-state index >= 15 is 0 Å². The van der Waals surface area contributed by atoms with Crippen molar-refractivity contribution in [1.82, 2.24) is 20.2 Å². The van der Waals surface area contributed by atoms with Gasteiger partial charge in [-0.3, -0.25) is 14.6 Å². The van der Waals surface area contributed by atoms with Crippen LogP contribution in [-0.2, 0) is 4.79 Å². The van der Waals surface area contributed by atoms with Crippen LogP contribution in [0.15, 0.2) is 18.6 Å². The Kier molecular flexibility index (Phi) is 5.20. The minimum Gasteiger partial charge on any atom is -0.356 e. The van der Waals surface area contributed by atoms with Gasteiger partial charge in [-0.2, -0.15) is 0 Å². The van der Waals surface area contributed by atoms with Gasteiger partial charge in [-0.15, -0.1) is 0 Å². The fourth-order valence-corrected chi connectivity index (χ4v) is 3.69. The van der Waals surface area contributed by atoms with Crippen LogP contribution >= 0.6 is 0 Å². The summed E-state index contributed by atoms with van der Waals surface area (Å²) in [7, 11) is 0. The number of hydrogen-bond donors (Lipinski definition) is 1. The van der Waals surface area contributed by atoms with E-state index in [4.69, 9.17) is 0 Å². The van der Waals surface area contributed by atoms with Crippen LogP contribution in [0, 0.1) is 5.92 Å². The second-order valence-electron chi connectivity index (χ2n) is 6.40. The Morgan fingerprint density at radius 2 is 2.00 bits per heavy atom. The second kappa shape index (κ2) is 7.53. The molecule has 23 heavy (non-hydrogen) atoms. The van der Waals surface area contributed by atoms with Crippen molar-refractivity contribution in [2.75, 3.05) is 13.1 Å². The summed E-state index contributed by atoms with van der Waals surface area (Å²) in [6, 6.07) is -0.0173. The third-order valence-electron chi connectivity index (χ3n) is 4.88. The van der Waals surface area contributed by atoms with Gasteiger partial charge < -0.3 is 10.2 Å². The fourth-order valence-electron chi connectivity index (χ4n) is 3.69. The quantitative estimate of drug-likeness (QED) is 0.857. The molecule has 3 rings (SSSR count). The van der Waals surface area contributed by atoms with Crippen molar-refractivity contribution in [3.8, 4) is 0 Å². The first-order valence-corrected chi connectivity index (χ1v) is 8.62. The van der Waals surface area contributed by atoms with Crippen molar-refractivity contribution in [1.29, 1.82) is 0 Å². The number of nitrogens with one attached hydrogen (secondary N) is 1. The average Bonchev–Trinajstić information content (AvgIpc) is 2.61. The highest BCUT2D eigenvalue weighted by molar-refractivity contribution is 5.92. The zero-order valence-corrected chi connectivity index (χ0v) is 13.4. The van der Waals surface area contributed by atoms with Crippen LogP contribution in [0.1, 0.15) is 55.4 Å². The van der Waals surface area contributed by atoms with Crippen molar-refractivity contribution in [3.63, 3.8) is 0 Å². The number of rotatable bonds is 1. The number of fused-ring (bicyclic) bond motifs is 1. The molecule has 1 saturated heterocycles. The molecule has 1 N–H and O–H groups in total. The summed E-state index contributed by atoms with van der Waals surface area (Å²) in [5, 5.41) is 3.05. The Hall–Kier alpha value is -1.98. The zero-order chi connectivity index (χ0) is 16.1. The smallest absolute Gasteiger partial charge is 0.274 e. The maximum atomic E-state index is 12.9. The van der Waals surface area contributed by atoms with Gasteiger partial charge in [-0.25, -0.2) is 4.98 Å². The first kappa shape index (κ1) is 15.9. The van der Waals surface area contributed by atoms with Gasteiger partial charge >= 0.3 is 0 Å². The van der Waals surface area contributed by atoms with Gasteiger partial charge in [0.1, 0.15) is 5.69 Å². The maximum Gasteiger partial charge on any atom is 0.274 e. The summed E-state index contributed by atoms with van der Waals surface area (Å²) < 4.78 is 0. The summed E-state index contributed by atoms with van der Waals surface area (Å²) in [4.78, 5) is 35.5. The van der Waals surface area contributed by atoms with E-state index in [9.17, 15) is 9.59 Å². The normalized spacial score (nSPS) is 26.1. The molecule has 0 aromatic carbocycles. The van der Waals surface area contributed by atoms with E-state index in [0.717, 1.165) is 51.5 Å². The van der Waals surface area contributed by atoms with E-state index in [1.54, 1.807) is 12.4 Å². The lowest BCUT2D eigenvalue weighted by Crippen LogP contribution is -2.51. The monoisotopic (exact) mass is 316 g/mol. The molecule has 6 nitrogen and oxygen atoms in total. The van der Waals surface area contributed by atoms with E-state index in [0.29, 0.717) is 12.2 Å². The van der Waals surface area contributed by atoms with Gasteiger partial charge in [-0.1, -0.05) is 12.8 Å². The number of amides is 2. The molecular formula is C17H24N4O2. The molecule has 0 bridgehead atoms. The molecule has 2 fully saturated rings. The fraction of sp³-hybridized carbons (Fsp3) is 0.647. The minimum atomic E-state index is -0.0949. The summed E-state index contributed by atoms with van der Waals surface area (Å²) in [6.45, 7) is 1.45. The lowest BCUT2D eigenvalue weighted by molar-refractivity contribution is -0.128. The zero-order valence-electron chi connectivity index (χ0n) is 13.4. The summed E-state index contributed by atoms with van der Waals surface area (Å²) in [5.41, 5.74) is 0.370. The molecular weight excluding hydrogens is 292 g/mol. The highest BCUT2D eigenvalue weighted by atomic mass is 16.2. The molecule has 6 heteroatoms. The van der Waals surface area contributed by atoms with E-state index in [2.05, 4.69) is 15.3 Å². The first-order valence-electron chi connectivity index (χ1n) is 8.62. The Labute approximate surface area is 136 Å². The molecule has 1 aliphatic carbocycles. The molecule has 2 aliphatic rings. The van der Waals surface area contributed by atoms with E-state index in [-0.39, 0.29) is 23.8 Å². The number of carbonyl (C=O) groups is 2. The molecule has 124 valence electrons. The summed E-state index contributed by atoms with van der Waals surface area (Å²) in [6.07, 6.45) is 11.4. The van der Waals surface area contributed by atoms with Gasteiger partial charge in [0, 0.05) is 31.5 Å². The molecule has 2 atom stereocenters. The molecule has 1 saturated carbocycles. The van der Waals surface area contributed by atoms with Crippen LogP contribution < -0.4 is 5.32 Å². The predicted molar refractivity (Wildman–Crippen MR) is 85.7 cm³/mol. The number of nitrogens with zero attached hydrogens (tertiary/aromatic N) is 3. The molecule has 1 aliphatic heterocycles. The third-order valence-corrected chi connectivity index (χ3v) is 4.88. The topological polar surface area (TPSA) is 75.2 Å². The highest BCUT2D eigenvalue weighted by Crippen LogP contribution is 2.30. The number of aromatic nitrogens is 2. The average molecular weight is 316 g/mol. The predicted octanol–water partition coefficient (Wildman–Crippen LogP) is 1.78. The van der Waals surface area contributed by atoms with Gasteiger partial charge in [0.05, 0.1) is 12.1 Å². The second-order valence-corrected chi connectivity index (χ2v) is 6.40. The van der Waals surface area contributed by atoms with Crippen LogP contribution in [-0.4, -0.2) is 45.8 Å². The van der Waals surface area contributed by atoms with E-state index < -0.39 is 0 Å². The van der Waals surface area contributed by atoms with Crippen LogP contribution in [0.2, 0.25) is 0 Å². The standard InChI is InChI=1S/C17H24N4O2/c22-16-13-6-2-3-7-15(13)21(11-5-1-4-8-20-16)17(23)14-12-18-9-10-19-14/h9-10,12-13,15H,1-8,11H2,(H,20,22)/t13-,15+/m1/s1. The lowest BCUT2D eigenvalue weighted by Gasteiger charge is -2.39. The van der Waals surface area contributed by atoms with Gasteiger partial charge in [0.25, 0.3) is 5.91 Å². The maximum absolute atomic E-state index is 12.9. The number of hydrogen-bond acceptors (Lipinski definition) is 4. The molecule has 1 aromatic rings. The van der Waals surface area contributed by atoms with Crippen molar-refractivity contribution < 1.29 is 9.59 Å². The SMILES string of the molecule is O=C1NCCCCCN(C(=O)c2cnccn2)[C@H]2CCCC[C@@H]12. The van der Waals surface area contributed by atoms with Crippen molar-refractivity contribution in [2.24, 2.45) is 5.92 Å². The minimum absolute atomic E-state index is 0.0173. The largest absolute Gasteiger partial charge is 0.356 e. The Balaban J connectivity index is 1.86. The summed E-state index contributed by atoms with van der Waals surface area (Å²) >= 11 is 0. The van der Waals surface area contributed by atoms with Crippen LogP contribution in [0.3, 0.4) is 0 Å². The van der Waals surface area contributed by atoms with Crippen molar-refractivity contribution in [3.05, 3.63) is 24.3 Å². The first-order chi connectivity index (χ1) is 11.3. The van der Waals surface area contributed by atoms with E-state index in [1.165, 1.54) is 6.20 Å². The van der Waals surface area contributed by atoms with Gasteiger partial charge in [0.15, 0.2) is 0 Å². The molecule has 2 heterocycles.